The van der Waals surface area contributed by atoms with Crippen molar-refractivity contribution in [3.8, 4) is 0 Å². The number of ether oxygens (including phenoxy) is 1. The molecule has 0 aliphatic carbocycles. The van der Waals surface area contributed by atoms with E-state index in [4.69, 9.17) is 9.84 Å². The van der Waals surface area contributed by atoms with Crippen LogP contribution in [0.25, 0.3) is 0 Å². The summed E-state index contributed by atoms with van der Waals surface area (Å²) in [5, 5.41) is 20.9. The molecule has 0 radical (unpaired) electrons. The van der Waals surface area contributed by atoms with Crippen LogP contribution in [0.2, 0.25) is 0 Å². The molecule has 0 unspecified atom stereocenters. The van der Waals surface area contributed by atoms with E-state index in [1.807, 2.05) is 0 Å². The number of hydrogen-bond acceptors (Lipinski definition) is 4. The maximum absolute atomic E-state index is 11.8. The first-order chi connectivity index (χ1) is 9.06. The molecule has 1 aliphatic heterocycles. The third-order valence-corrected chi connectivity index (χ3v) is 2.81. The highest BCUT2D eigenvalue weighted by Crippen LogP contribution is 2.17. The minimum atomic E-state index is -1.10. The van der Waals surface area contributed by atoms with Crippen molar-refractivity contribution < 1.29 is 24.5 Å². The molecule has 1 heterocycles. The number of likely N-dealkylation sites (tertiary alicyclic amines) is 1. The minimum absolute atomic E-state index is 0.0418. The number of carboxylic acids is 1. The van der Waals surface area contributed by atoms with Crippen molar-refractivity contribution in [2.45, 2.75) is 25.0 Å². The molecule has 0 aromatic rings. The van der Waals surface area contributed by atoms with E-state index in [0.29, 0.717) is 19.8 Å². The monoisotopic (exact) mass is 272 g/mol. The van der Waals surface area contributed by atoms with Gasteiger partial charge in [0.2, 0.25) is 0 Å². The fraction of sp³-hybridized carbons (Fsp3) is 0.667. The van der Waals surface area contributed by atoms with Gasteiger partial charge in [0.05, 0.1) is 19.3 Å². The lowest BCUT2D eigenvalue weighted by molar-refractivity contribution is -0.141. The maximum atomic E-state index is 11.8. The van der Waals surface area contributed by atoms with Gasteiger partial charge in [-0.2, -0.15) is 0 Å². The molecule has 1 saturated heterocycles. The number of hydrogen-bond donors (Lipinski definition) is 3. The van der Waals surface area contributed by atoms with E-state index in [2.05, 4.69) is 11.9 Å². The lowest BCUT2D eigenvalue weighted by atomic mass is 10.2. The summed E-state index contributed by atoms with van der Waals surface area (Å²) in [5.74, 6) is -1.10. The Kier molecular flexibility index (Phi) is 6.31. The Balaban J connectivity index is 2.28. The van der Waals surface area contributed by atoms with E-state index >= 15 is 0 Å². The molecule has 3 N–H and O–H groups in total. The van der Waals surface area contributed by atoms with Crippen LogP contribution in [0.1, 0.15) is 12.8 Å². The molecule has 0 aromatic carbocycles. The Labute approximate surface area is 111 Å². The van der Waals surface area contributed by atoms with Gasteiger partial charge >= 0.3 is 12.0 Å². The Hall–Kier alpha value is -1.60. The van der Waals surface area contributed by atoms with E-state index in [9.17, 15) is 14.7 Å². The lowest BCUT2D eigenvalue weighted by Gasteiger charge is -2.21. The van der Waals surface area contributed by atoms with Gasteiger partial charge in [0.1, 0.15) is 6.04 Å². The van der Waals surface area contributed by atoms with Crippen LogP contribution in [0.4, 0.5) is 4.79 Å². The third-order valence-electron chi connectivity index (χ3n) is 2.81. The molecule has 0 spiro atoms. The largest absolute Gasteiger partial charge is 0.480 e. The number of β-amino-alcohol motifs (C(OH)–C–C–N with tert-alkyl or cyclic N) is 1. The molecule has 7 heteroatoms. The first-order valence-corrected chi connectivity index (χ1v) is 6.20. The van der Waals surface area contributed by atoms with Gasteiger partial charge in [-0.25, -0.2) is 9.59 Å². The van der Waals surface area contributed by atoms with Gasteiger partial charge in [0.15, 0.2) is 0 Å². The second-order valence-electron chi connectivity index (χ2n) is 4.32. The van der Waals surface area contributed by atoms with Gasteiger partial charge in [-0.1, -0.05) is 6.08 Å². The normalized spacial score (nSPS) is 22.3. The standard InChI is InChI=1S/C12H20N2O5/c1-2-3-5-19-6-4-13-12(18)14-8-9(15)7-10(14)11(16)17/h2,9-10,15H,1,3-8H2,(H,13,18)(H,16,17)/t9-,10-/m1/s1. The van der Waals surface area contributed by atoms with Gasteiger partial charge in [0.25, 0.3) is 0 Å². The minimum Gasteiger partial charge on any atom is -0.480 e. The second-order valence-corrected chi connectivity index (χ2v) is 4.32. The molecule has 108 valence electrons. The molecule has 1 rings (SSSR count). The van der Waals surface area contributed by atoms with Crippen molar-refractivity contribution in [3.05, 3.63) is 12.7 Å². The molecule has 19 heavy (non-hydrogen) atoms. The second kappa shape index (κ2) is 7.75. The average molecular weight is 272 g/mol. The van der Waals surface area contributed by atoms with Crippen LogP contribution in [0.15, 0.2) is 12.7 Å². The number of aliphatic hydroxyl groups is 1. The van der Waals surface area contributed by atoms with E-state index in [-0.39, 0.29) is 13.0 Å². The lowest BCUT2D eigenvalue weighted by Crippen LogP contribution is -2.46. The molecule has 2 amide bonds. The van der Waals surface area contributed by atoms with Gasteiger partial charge in [-0.15, -0.1) is 6.58 Å². The van der Waals surface area contributed by atoms with Crippen LogP contribution in [0, 0.1) is 0 Å². The van der Waals surface area contributed by atoms with Crippen molar-refractivity contribution in [1.82, 2.24) is 10.2 Å². The van der Waals surface area contributed by atoms with Crippen LogP contribution in [-0.2, 0) is 9.53 Å². The number of carboxylic acid groups (broad SMARTS) is 1. The topological polar surface area (TPSA) is 99.1 Å². The number of carbonyl (C=O) groups is 2. The highest BCUT2D eigenvalue weighted by atomic mass is 16.5. The van der Waals surface area contributed by atoms with Gasteiger partial charge in [-0.05, 0) is 6.42 Å². The number of nitrogens with zero attached hydrogens (tertiary/aromatic N) is 1. The van der Waals surface area contributed by atoms with Crippen LogP contribution in [0.5, 0.6) is 0 Å². The summed E-state index contributed by atoms with van der Waals surface area (Å²) in [5.41, 5.74) is 0. The Morgan fingerprint density at radius 2 is 2.21 bits per heavy atom. The zero-order valence-corrected chi connectivity index (χ0v) is 10.7. The Morgan fingerprint density at radius 1 is 1.47 bits per heavy atom. The van der Waals surface area contributed by atoms with E-state index in [1.165, 1.54) is 0 Å². The number of rotatable bonds is 7. The molecule has 7 nitrogen and oxygen atoms in total. The summed E-state index contributed by atoms with van der Waals surface area (Å²) in [4.78, 5) is 23.8. The first kappa shape index (κ1) is 15.5. The van der Waals surface area contributed by atoms with Crippen LogP contribution in [-0.4, -0.2) is 65.6 Å². The first-order valence-electron chi connectivity index (χ1n) is 6.20. The summed E-state index contributed by atoms with van der Waals surface area (Å²) >= 11 is 0. The molecular weight excluding hydrogens is 252 g/mol. The molecule has 0 saturated carbocycles. The summed E-state index contributed by atoms with van der Waals surface area (Å²) in [6, 6.07) is -1.45. The van der Waals surface area contributed by atoms with Crippen molar-refractivity contribution in [2.75, 3.05) is 26.3 Å². The molecule has 2 atom stereocenters. The highest BCUT2D eigenvalue weighted by molar-refractivity contribution is 5.83. The van der Waals surface area contributed by atoms with Gasteiger partial charge in [-0.3, -0.25) is 0 Å². The van der Waals surface area contributed by atoms with Gasteiger partial charge < -0.3 is 25.2 Å². The van der Waals surface area contributed by atoms with Gasteiger partial charge in [0, 0.05) is 19.5 Å². The van der Waals surface area contributed by atoms with Crippen molar-refractivity contribution >= 4 is 12.0 Å². The Morgan fingerprint density at radius 3 is 2.84 bits per heavy atom. The average Bonchev–Trinajstić information content (AvgIpc) is 2.76. The van der Waals surface area contributed by atoms with E-state index in [1.54, 1.807) is 6.08 Å². The predicted octanol–water partition coefficient (Wildman–Crippen LogP) is -0.191. The van der Waals surface area contributed by atoms with Crippen LogP contribution >= 0.6 is 0 Å². The maximum Gasteiger partial charge on any atom is 0.326 e. The fourth-order valence-corrected chi connectivity index (χ4v) is 1.87. The molecule has 1 aliphatic rings. The molecular formula is C12H20N2O5. The highest BCUT2D eigenvalue weighted by Gasteiger charge is 2.38. The predicted molar refractivity (Wildman–Crippen MR) is 67.8 cm³/mol. The Bertz CT molecular complexity index is 334. The number of aliphatic hydroxyl groups excluding tert-OH is 1. The third kappa shape index (κ3) is 4.88. The summed E-state index contributed by atoms with van der Waals surface area (Å²) < 4.78 is 5.21. The number of urea groups is 1. The van der Waals surface area contributed by atoms with Crippen LogP contribution < -0.4 is 5.32 Å². The fourth-order valence-electron chi connectivity index (χ4n) is 1.87. The molecule has 0 aromatic heterocycles. The smallest absolute Gasteiger partial charge is 0.326 e. The summed E-state index contributed by atoms with van der Waals surface area (Å²) in [7, 11) is 0. The number of nitrogens with one attached hydrogen (secondary N) is 1. The quantitative estimate of drug-likeness (QED) is 0.440. The summed E-state index contributed by atoms with van der Waals surface area (Å²) in [6.07, 6.45) is 1.77. The number of aliphatic carboxylic acids is 1. The summed E-state index contributed by atoms with van der Waals surface area (Å²) in [6.45, 7) is 4.79. The molecule has 1 fully saturated rings. The number of carbonyl (C=O) groups excluding carboxylic acids is 1. The zero-order chi connectivity index (χ0) is 14.3. The van der Waals surface area contributed by atoms with Crippen molar-refractivity contribution in [1.29, 1.82) is 0 Å². The number of amides is 2. The zero-order valence-electron chi connectivity index (χ0n) is 10.7. The van der Waals surface area contributed by atoms with Crippen LogP contribution in [0.3, 0.4) is 0 Å². The van der Waals surface area contributed by atoms with Crippen molar-refractivity contribution in [2.24, 2.45) is 0 Å². The molecule has 0 bridgehead atoms. The van der Waals surface area contributed by atoms with Crippen molar-refractivity contribution in [3.63, 3.8) is 0 Å². The van der Waals surface area contributed by atoms with E-state index < -0.39 is 24.1 Å². The van der Waals surface area contributed by atoms with E-state index in [0.717, 1.165) is 11.3 Å². The SMILES string of the molecule is C=CCCOCCNC(=O)N1C[C@H](O)C[C@@H]1C(=O)O.